The molecule has 8 heteroatoms. The average molecular weight is 348 g/mol. The predicted molar refractivity (Wildman–Crippen MR) is 85.2 cm³/mol. The molecular formula is C16H28O8. The molecule has 0 aromatic rings. The zero-order valence-electron chi connectivity index (χ0n) is 15.0. The smallest absolute Gasteiger partial charge is 0.450 e. The van der Waals surface area contributed by atoms with Gasteiger partial charge in [-0.15, -0.1) is 0 Å². The lowest BCUT2D eigenvalue weighted by molar-refractivity contribution is -0.419. The fourth-order valence-corrected chi connectivity index (χ4v) is 2.12. The van der Waals surface area contributed by atoms with Gasteiger partial charge in [0.05, 0.1) is 12.2 Å². The van der Waals surface area contributed by atoms with Gasteiger partial charge in [0.15, 0.2) is 0 Å². The van der Waals surface area contributed by atoms with Crippen LogP contribution in [0.4, 0.5) is 4.79 Å². The molecule has 0 heterocycles. The van der Waals surface area contributed by atoms with E-state index in [1.807, 2.05) is 13.8 Å². The fourth-order valence-electron chi connectivity index (χ4n) is 2.12. The molecule has 0 fully saturated rings. The summed E-state index contributed by atoms with van der Waals surface area (Å²) in [6.07, 6.45) is -0.809. The van der Waals surface area contributed by atoms with Gasteiger partial charge in [-0.1, -0.05) is 27.4 Å². The SMILES string of the molecule is C=CC(=O)OC(COCCOC(=O)O)OOC(C)(C)CC(C)(C)C. The summed E-state index contributed by atoms with van der Waals surface area (Å²) >= 11 is 0. The number of ether oxygens (including phenoxy) is 3. The highest BCUT2D eigenvalue weighted by Gasteiger charge is 2.29. The Kier molecular flexibility index (Phi) is 9.57. The minimum Gasteiger partial charge on any atom is -0.450 e. The van der Waals surface area contributed by atoms with Crippen LogP contribution in [-0.4, -0.2) is 48.9 Å². The first-order chi connectivity index (χ1) is 10.9. The maximum Gasteiger partial charge on any atom is 0.505 e. The van der Waals surface area contributed by atoms with E-state index in [1.165, 1.54) is 0 Å². The Hall–Kier alpha value is -1.64. The third-order valence-electron chi connectivity index (χ3n) is 2.46. The van der Waals surface area contributed by atoms with Gasteiger partial charge in [0.2, 0.25) is 0 Å². The van der Waals surface area contributed by atoms with Gasteiger partial charge < -0.3 is 19.3 Å². The molecule has 1 atom stereocenters. The van der Waals surface area contributed by atoms with E-state index in [-0.39, 0.29) is 25.2 Å². The number of esters is 1. The predicted octanol–water partition coefficient (Wildman–Crippen LogP) is 2.92. The Morgan fingerprint density at radius 1 is 1.17 bits per heavy atom. The monoisotopic (exact) mass is 348 g/mol. The maximum atomic E-state index is 11.3. The summed E-state index contributed by atoms with van der Waals surface area (Å²) in [6, 6.07) is 0. The largest absolute Gasteiger partial charge is 0.505 e. The normalized spacial score (nSPS) is 13.2. The van der Waals surface area contributed by atoms with Crippen molar-refractivity contribution in [1.29, 1.82) is 0 Å². The number of hydrogen-bond donors (Lipinski definition) is 1. The lowest BCUT2D eigenvalue weighted by Crippen LogP contribution is -2.35. The van der Waals surface area contributed by atoms with Gasteiger partial charge in [-0.3, -0.25) is 0 Å². The van der Waals surface area contributed by atoms with E-state index in [0.29, 0.717) is 6.42 Å². The van der Waals surface area contributed by atoms with Crippen LogP contribution in [0.1, 0.15) is 41.0 Å². The molecule has 0 rings (SSSR count). The molecule has 0 radical (unpaired) electrons. The minimum absolute atomic E-state index is 0.0107. The molecule has 0 amide bonds. The first-order valence-corrected chi connectivity index (χ1v) is 7.56. The zero-order chi connectivity index (χ0) is 18.8. The highest BCUT2D eigenvalue weighted by molar-refractivity contribution is 5.81. The van der Waals surface area contributed by atoms with Gasteiger partial charge in [0.1, 0.15) is 13.2 Å². The molecule has 0 aliphatic rings. The third kappa shape index (κ3) is 12.9. The van der Waals surface area contributed by atoms with E-state index in [1.54, 1.807) is 0 Å². The Morgan fingerprint density at radius 3 is 2.29 bits per heavy atom. The van der Waals surface area contributed by atoms with Crippen molar-refractivity contribution < 1.29 is 38.7 Å². The van der Waals surface area contributed by atoms with Crippen LogP contribution in [0.15, 0.2) is 12.7 Å². The Bertz CT molecular complexity index is 411. The van der Waals surface area contributed by atoms with Crippen LogP contribution in [0.25, 0.3) is 0 Å². The van der Waals surface area contributed by atoms with Crippen molar-refractivity contribution >= 4 is 12.1 Å². The summed E-state index contributed by atoms with van der Waals surface area (Å²) in [6.45, 7) is 12.9. The summed E-state index contributed by atoms with van der Waals surface area (Å²) in [5.74, 6) is -0.692. The van der Waals surface area contributed by atoms with Crippen molar-refractivity contribution in [2.45, 2.75) is 52.9 Å². The van der Waals surface area contributed by atoms with E-state index in [0.717, 1.165) is 6.08 Å². The lowest BCUT2D eigenvalue weighted by atomic mass is 9.84. The van der Waals surface area contributed by atoms with Crippen LogP contribution in [0, 0.1) is 5.41 Å². The number of rotatable bonds is 11. The standard InChI is InChI=1S/C16H28O8/c1-7-12(17)22-13(10-20-8-9-21-14(18)19)23-24-16(5,6)11-15(2,3)4/h7,13H,1,8-11H2,2-6H3,(H,18,19). The van der Waals surface area contributed by atoms with Crippen LogP contribution in [0.3, 0.4) is 0 Å². The van der Waals surface area contributed by atoms with Crippen molar-refractivity contribution in [3.63, 3.8) is 0 Å². The number of hydrogen-bond acceptors (Lipinski definition) is 7. The number of carbonyl (C=O) groups is 2. The molecular weight excluding hydrogens is 320 g/mol. The molecule has 0 spiro atoms. The quantitative estimate of drug-likeness (QED) is 0.152. The van der Waals surface area contributed by atoms with Gasteiger partial charge in [-0.25, -0.2) is 14.5 Å². The van der Waals surface area contributed by atoms with Gasteiger partial charge in [-0.2, -0.15) is 4.89 Å². The van der Waals surface area contributed by atoms with Crippen LogP contribution in [0.5, 0.6) is 0 Å². The van der Waals surface area contributed by atoms with E-state index in [2.05, 4.69) is 32.1 Å². The van der Waals surface area contributed by atoms with Gasteiger partial charge >= 0.3 is 12.1 Å². The van der Waals surface area contributed by atoms with Crippen LogP contribution >= 0.6 is 0 Å². The second-order valence-electron chi connectivity index (χ2n) is 6.94. The Labute approximate surface area is 142 Å². The molecule has 0 saturated carbocycles. The first-order valence-electron chi connectivity index (χ1n) is 7.56. The first kappa shape index (κ1) is 22.4. The van der Waals surface area contributed by atoms with Crippen molar-refractivity contribution in [1.82, 2.24) is 0 Å². The second kappa shape index (κ2) is 10.3. The van der Waals surface area contributed by atoms with E-state index in [4.69, 9.17) is 24.4 Å². The fraction of sp³-hybridized carbons (Fsp3) is 0.750. The number of carboxylic acid groups (broad SMARTS) is 1. The van der Waals surface area contributed by atoms with E-state index < -0.39 is 24.0 Å². The average Bonchev–Trinajstić information content (AvgIpc) is 2.41. The lowest BCUT2D eigenvalue weighted by Gasteiger charge is -2.32. The number of carbonyl (C=O) groups excluding carboxylic acids is 1. The summed E-state index contributed by atoms with van der Waals surface area (Å²) in [5.41, 5.74) is -0.589. The molecule has 140 valence electrons. The topological polar surface area (TPSA) is 101 Å². The highest BCUT2D eigenvalue weighted by Crippen LogP contribution is 2.29. The molecule has 8 nitrogen and oxygen atoms in total. The minimum atomic E-state index is -1.39. The van der Waals surface area contributed by atoms with Gasteiger partial charge in [-0.05, 0) is 25.7 Å². The van der Waals surface area contributed by atoms with Crippen molar-refractivity contribution in [2.75, 3.05) is 19.8 Å². The second-order valence-corrected chi connectivity index (χ2v) is 6.94. The van der Waals surface area contributed by atoms with Crippen molar-refractivity contribution in [2.24, 2.45) is 5.41 Å². The summed E-state index contributed by atoms with van der Waals surface area (Å²) in [4.78, 5) is 32.1. The van der Waals surface area contributed by atoms with Crippen molar-refractivity contribution in [3.05, 3.63) is 12.7 Å². The Morgan fingerprint density at radius 2 is 1.79 bits per heavy atom. The van der Waals surface area contributed by atoms with Crippen LogP contribution in [0.2, 0.25) is 0 Å². The van der Waals surface area contributed by atoms with Gasteiger partial charge in [0, 0.05) is 6.08 Å². The molecule has 0 bridgehead atoms. The summed E-state index contributed by atoms with van der Waals surface area (Å²) < 4.78 is 14.4. The maximum absolute atomic E-state index is 11.3. The van der Waals surface area contributed by atoms with Crippen molar-refractivity contribution in [3.8, 4) is 0 Å². The van der Waals surface area contributed by atoms with E-state index >= 15 is 0 Å². The zero-order valence-corrected chi connectivity index (χ0v) is 15.0. The molecule has 1 N–H and O–H groups in total. The molecule has 0 aromatic heterocycles. The molecule has 0 saturated heterocycles. The molecule has 0 aliphatic heterocycles. The highest BCUT2D eigenvalue weighted by atomic mass is 17.2. The van der Waals surface area contributed by atoms with E-state index in [9.17, 15) is 9.59 Å². The summed E-state index contributed by atoms with van der Waals surface area (Å²) in [7, 11) is 0. The summed E-state index contributed by atoms with van der Waals surface area (Å²) in [5, 5.41) is 8.34. The molecule has 0 aliphatic carbocycles. The molecule has 0 aromatic carbocycles. The third-order valence-corrected chi connectivity index (χ3v) is 2.46. The Balaban J connectivity index is 4.42. The van der Waals surface area contributed by atoms with Crippen LogP contribution < -0.4 is 0 Å². The molecule has 24 heavy (non-hydrogen) atoms. The molecule has 1 unspecified atom stereocenters. The van der Waals surface area contributed by atoms with Gasteiger partial charge in [0.25, 0.3) is 6.29 Å². The van der Waals surface area contributed by atoms with Crippen LogP contribution in [-0.2, 0) is 28.8 Å².